The molecule has 3 rings (SSSR count). The molecule has 25 heavy (non-hydrogen) atoms. The molecule has 7 heteroatoms. The number of ether oxygens (including phenoxy) is 1. The Morgan fingerprint density at radius 3 is 2.52 bits per heavy atom. The van der Waals surface area contributed by atoms with Gasteiger partial charge >= 0.3 is 6.03 Å². The Bertz CT molecular complexity index is 848. The molecule has 0 aliphatic heterocycles. The Kier molecular flexibility index (Phi) is 5.53. The van der Waals surface area contributed by atoms with Gasteiger partial charge in [0.1, 0.15) is 5.75 Å². The van der Waals surface area contributed by atoms with Crippen LogP contribution in [-0.4, -0.2) is 17.6 Å². The number of aromatic nitrogens is 1. The van der Waals surface area contributed by atoms with Crippen molar-refractivity contribution in [1.29, 1.82) is 0 Å². The molecule has 0 spiro atoms. The highest BCUT2D eigenvalue weighted by Gasteiger charge is 2.08. The van der Waals surface area contributed by atoms with Gasteiger partial charge in [-0.1, -0.05) is 23.7 Å². The topological polar surface area (TPSA) is 63.2 Å². The second-order valence-corrected chi connectivity index (χ2v) is 6.38. The minimum Gasteiger partial charge on any atom is -0.494 e. The van der Waals surface area contributed by atoms with E-state index in [1.54, 1.807) is 24.3 Å². The Labute approximate surface area is 154 Å². The highest BCUT2D eigenvalue weighted by atomic mass is 35.5. The summed E-state index contributed by atoms with van der Waals surface area (Å²) in [5.41, 5.74) is 2.41. The molecule has 0 fully saturated rings. The van der Waals surface area contributed by atoms with Crippen molar-refractivity contribution < 1.29 is 9.53 Å². The standard InChI is InChI=1S/C18H16ClN3O2S/c1-2-24-15-9-7-14(8-10-15)20-17(23)22-18-21-16(11-25-18)12-3-5-13(19)6-4-12/h3-11H,2H2,1H3,(H2,20,21,22,23). The molecule has 0 aliphatic carbocycles. The summed E-state index contributed by atoms with van der Waals surface area (Å²) in [5, 5.41) is 8.57. The second-order valence-electron chi connectivity index (χ2n) is 5.08. The van der Waals surface area contributed by atoms with Crippen LogP contribution >= 0.6 is 22.9 Å². The third kappa shape index (κ3) is 4.71. The van der Waals surface area contributed by atoms with Crippen LogP contribution in [0.3, 0.4) is 0 Å². The number of anilines is 2. The summed E-state index contributed by atoms with van der Waals surface area (Å²) >= 11 is 7.25. The zero-order chi connectivity index (χ0) is 17.6. The van der Waals surface area contributed by atoms with Crippen molar-refractivity contribution >= 4 is 39.8 Å². The number of thiazole rings is 1. The number of carbonyl (C=O) groups excluding carboxylic acids is 1. The average molecular weight is 374 g/mol. The Morgan fingerprint density at radius 1 is 1.12 bits per heavy atom. The van der Waals surface area contributed by atoms with Gasteiger partial charge in [0.05, 0.1) is 12.3 Å². The predicted octanol–water partition coefficient (Wildman–Crippen LogP) is 5.51. The average Bonchev–Trinajstić information content (AvgIpc) is 3.06. The summed E-state index contributed by atoms with van der Waals surface area (Å²) in [6, 6.07) is 14.2. The minimum atomic E-state index is -0.346. The van der Waals surface area contributed by atoms with Crippen LogP contribution in [0.1, 0.15) is 6.92 Å². The van der Waals surface area contributed by atoms with Crippen LogP contribution in [0.5, 0.6) is 5.75 Å². The number of carbonyl (C=O) groups is 1. The molecule has 2 aromatic carbocycles. The lowest BCUT2D eigenvalue weighted by Crippen LogP contribution is -2.19. The zero-order valence-corrected chi connectivity index (χ0v) is 15.0. The third-order valence-corrected chi connectivity index (χ3v) is 4.30. The first-order valence-corrected chi connectivity index (χ1v) is 8.92. The molecule has 0 bridgehead atoms. The van der Waals surface area contributed by atoms with Crippen molar-refractivity contribution in [1.82, 2.24) is 4.98 Å². The van der Waals surface area contributed by atoms with Crippen LogP contribution in [0.2, 0.25) is 5.02 Å². The molecule has 1 heterocycles. The van der Waals surface area contributed by atoms with E-state index in [1.165, 1.54) is 11.3 Å². The number of nitrogens with one attached hydrogen (secondary N) is 2. The van der Waals surface area contributed by atoms with E-state index in [1.807, 2.05) is 36.6 Å². The monoisotopic (exact) mass is 373 g/mol. The summed E-state index contributed by atoms with van der Waals surface area (Å²) < 4.78 is 5.37. The van der Waals surface area contributed by atoms with Gasteiger partial charge in [0.25, 0.3) is 0 Å². The van der Waals surface area contributed by atoms with Gasteiger partial charge < -0.3 is 10.1 Å². The van der Waals surface area contributed by atoms with Gasteiger partial charge in [0.15, 0.2) is 5.13 Å². The van der Waals surface area contributed by atoms with Crippen LogP contribution in [0.25, 0.3) is 11.3 Å². The Balaban J connectivity index is 1.60. The number of urea groups is 1. The van der Waals surface area contributed by atoms with E-state index >= 15 is 0 Å². The van der Waals surface area contributed by atoms with E-state index in [2.05, 4.69) is 15.6 Å². The molecule has 0 saturated heterocycles. The third-order valence-electron chi connectivity index (χ3n) is 3.29. The van der Waals surface area contributed by atoms with Gasteiger partial charge in [-0.3, -0.25) is 5.32 Å². The van der Waals surface area contributed by atoms with E-state index in [9.17, 15) is 4.79 Å². The molecule has 128 valence electrons. The molecule has 0 unspecified atom stereocenters. The number of nitrogens with zero attached hydrogens (tertiary/aromatic N) is 1. The van der Waals surface area contributed by atoms with E-state index in [0.29, 0.717) is 22.4 Å². The molecule has 0 aliphatic rings. The maximum atomic E-state index is 12.1. The summed E-state index contributed by atoms with van der Waals surface area (Å²) in [6.45, 7) is 2.53. The molecule has 1 aromatic heterocycles. The lowest BCUT2D eigenvalue weighted by atomic mass is 10.2. The van der Waals surface area contributed by atoms with Crippen molar-refractivity contribution in [2.75, 3.05) is 17.2 Å². The Hall–Kier alpha value is -2.57. The van der Waals surface area contributed by atoms with Gasteiger partial charge in [-0.25, -0.2) is 9.78 Å². The van der Waals surface area contributed by atoms with E-state index < -0.39 is 0 Å². The first-order valence-electron chi connectivity index (χ1n) is 7.66. The molecule has 0 atom stereocenters. The van der Waals surface area contributed by atoms with Crippen molar-refractivity contribution in [2.45, 2.75) is 6.92 Å². The highest BCUT2D eigenvalue weighted by molar-refractivity contribution is 7.14. The molecule has 0 saturated carbocycles. The highest BCUT2D eigenvalue weighted by Crippen LogP contribution is 2.26. The minimum absolute atomic E-state index is 0.346. The molecule has 0 radical (unpaired) electrons. The van der Waals surface area contributed by atoms with Crippen molar-refractivity contribution in [3.8, 4) is 17.0 Å². The van der Waals surface area contributed by atoms with Crippen LogP contribution in [0.4, 0.5) is 15.6 Å². The lowest BCUT2D eigenvalue weighted by molar-refractivity contribution is 0.262. The molecule has 3 aromatic rings. The Morgan fingerprint density at radius 2 is 1.84 bits per heavy atom. The van der Waals surface area contributed by atoms with Crippen molar-refractivity contribution in [3.05, 3.63) is 58.9 Å². The van der Waals surface area contributed by atoms with Gasteiger partial charge in [-0.05, 0) is 43.3 Å². The summed E-state index contributed by atoms with van der Waals surface area (Å²) in [4.78, 5) is 16.5. The smallest absolute Gasteiger partial charge is 0.325 e. The van der Waals surface area contributed by atoms with Crippen LogP contribution < -0.4 is 15.4 Å². The fourth-order valence-electron chi connectivity index (χ4n) is 2.15. The summed E-state index contributed by atoms with van der Waals surface area (Å²) in [5.74, 6) is 0.765. The van der Waals surface area contributed by atoms with Crippen molar-refractivity contribution in [3.63, 3.8) is 0 Å². The van der Waals surface area contributed by atoms with Crippen LogP contribution in [-0.2, 0) is 0 Å². The maximum Gasteiger partial charge on any atom is 0.325 e. The van der Waals surface area contributed by atoms with Gasteiger partial charge in [-0.2, -0.15) is 0 Å². The number of benzene rings is 2. The zero-order valence-electron chi connectivity index (χ0n) is 13.5. The number of halogens is 1. The largest absolute Gasteiger partial charge is 0.494 e. The van der Waals surface area contributed by atoms with Gasteiger partial charge in [0.2, 0.25) is 0 Å². The molecular formula is C18H16ClN3O2S. The molecule has 5 nitrogen and oxygen atoms in total. The van der Waals surface area contributed by atoms with E-state index in [4.69, 9.17) is 16.3 Å². The normalized spacial score (nSPS) is 10.3. The lowest BCUT2D eigenvalue weighted by Gasteiger charge is -2.07. The van der Waals surface area contributed by atoms with Crippen molar-refractivity contribution in [2.24, 2.45) is 0 Å². The fraction of sp³-hybridized carbons (Fsp3) is 0.111. The molecule has 2 amide bonds. The number of rotatable bonds is 5. The number of amides is 2. The molecule has 2 N–H and O–H groups in total. The second kappa shape index (κ2) is 8.00. The SMILES string of the molecule is CCOc1ccc(NC(=O)Nc2nc(-c3ccc(Cl)cc3)cs2)cc1. The molecular weight excluding hydrogens is 358 g/mol. The first kappa shape index (κ1) is 17.3. The predicted molar refractivity (Wildman–Crippen MR) is 103 cm³/mol. The number of hydrogen-bond donors (Lipinski definition) is 2. The summed E-state index contributed by atoms with van der Waals surface area (Å²) in [7, 11) is 0. The van der Waals surface area contributed by atoms with Gasteiger partial charge in [-0.15, -0.1) is 11.3 Å². The van der Waals surface area contributed by atoms with E-state index in [-0.39, 0.29) is 6.03 Å². The quantitative estimate of drug-likeness (QED) is 0.620. The maximum absolute atomic E-state index is 12.1. The van der Waals surface area contributed by atoms with E-state index in [0.717, 1.165) is 17.0 Å². The van der Waals surface area contributed by atoms with Crippen LogP contribution in [0, 0.1) is 0 Å². The summed E-state index contributed by atoms with van der Waals surface area (Å²) in [6.07, 6.45) is 0. The number of hydrogen-bond acceptors (Lipinski definition) is 4. The van der Waals surface area contributed by atoms with Crippen LogP contribution in [0.15, 0.2) is 53.9 Å². The first-order chi connectivity index (χ1) is 12.1. The van der Waals surface area contributed by atoms with Gasteiger partial charge in [0, 0.05) is 21.7 Å². The fourth-order valence-corrected chi connectivity index (χ4v) is 2.99.